The molecule has 0 radical (unpaired) electrons. The summed E-state index contributed by atoms with van der Waals surface area (Å²) in [6.45, 7) is 4.43. The molecule has 0 aromatic heterocycles. The zero-order valence-corrected chi connectivity index (χ0v) is 12.8. The van der Waals surface area contributed by atoms with Crippen molar-refractivity contribution >= 4 is 21.6 Å². The van der Waals surface area contributed by atoms with Crippen molar-refractivity contribution in [1.29, 1.82) is 0 Å². The van der Waals surface area contributed by atoms with Crippen molar-refractivity contribution in [3.05, 3.63) is 67.7 Å². The summed E-state index contributed by atoms with van der Waals surface area (Å²) in [6, 6.07) is 10.7. The van der Waals surface area contributed by atoms with Crippen LogP contribution in [0.4, 0.5) is 5.69 Å². The van der Waals surface area contributed by atoms with Crippen LogP contribution in [0.15, 0.2) is 40.9 Å². The third kappa shape index (κ3) is 3.57. The average molecular weight is 336 g/mol. The van der Waals surface area contributed by atoms with E-state index in [-0.39, 0.29) is 5.69 Å². The van der Waals surface area contributed by atoms with E-state index in [1.165, 1.54) is 23.3 Å². The lowest BCUT2D eigenvalue weighted by Crippen LogP contribution is -1.98. The van der Waals surface area contributed by atoms with E-state index in [0.717, 1.165) is 5.56 Å². The topological polar surface area (TPSA) is 52.4 Å². The number of rotatable bonds is 4. The first kappa shape index (κ1) is 14.5. The molecule has 0 bridgehead atoms. The van der Waals surface area contributed by atoms with Gasteiger partial charge >= 0.3 is 0 Å². The minimum atomic E-state index is -0.434. The molecule has 0 aliphatic rings. The lowest BCUT2D eigenvalue weighted by molar-refractivity contribution is -0.385. The molecule has 0 N–H and O–H groups in total. The molecule has 0 unspecified atom stereocenters. The SMILES string of the molecule is Cc1cc(C)cc(COc2cc([N+](=O)[O-])ccc2Br)c1. The molecule has 4 nitrogen and oxygen atoms in total. The van der Waals surface area contributed by atoms with Crippen molar-refractivity contribution in [2.24, 2.45) is 0 Å². The quantitative estimate of drug-likeness (QED) is 0.608. The summed E-state index contributed by atoms with van der Waals surface area (Å²) in [5, 5.41) is 10.8. The van der Waals surface area contributed by atoms with Crippen LogP contribution >= 0.6 is 15.9 Å². The Morgan fingerprint density at radius 3 is 2.40 bits per heavy atom. The van der Waals surface area contributed by atoms with Gasteiger partial charge in [0.2, 0.25) is 0 Å². The summed E-state index contributed by atoms with van der Waals surface area (Å²) in [5.74, 6) is 0.471. The van der Waals surface area contributed by atoms with Crippen molar-refractivity contribution in [3.63, 3.8) is 0 Å². The molecule has 0 amide bonds. The maximum absolute atomic E-state index is 10.8. The normalized spacial score (nSPS) is 10.3. The maximum atomic E-state index is 10.8. The zero-order chi connectivity index (χ0) is 14.7. The molecule has 20 heavy (non-hydrogen) atoms. The van der Waals surface area contributed by atoms with E-state index in [0.29, 0.717) is 16.8 Å². The summed E-state index contributed by atoms with van der Waals surface area (Å²) in [4.78, 5) is 10.3. The predicted molar refractivity (Wildman–Crippen MR) is 81.0 cm³/mol. The van der Waals surface area contributed by atoms with Gasteiger partial charge in [-0.1, -0.05) is 29.3 Å². The Bertz CT molecular complexity index is 635. The minimum Gasteiger partial charge on any atom is -0.487 e. The number of halogens is 1. The van der Waals surface area contributed by atoms with E-state index >= 15 is 0 Å². The van der Waals surface area contributed by atoms with Crippen molar-refractivity contribution in [1.82, 2.24) is 0 Å². The van der Waals surface area contributed by atoms with Gasteiger partial charge in [0.05, 0.1) is 15.5 Å². The van der Waals surface area contributed by atoms with Crippen LogP contribution in [-0.4, -0.2) is 4.92 Å². The van der Waals surface area contributed by atoms with E-state index in [2.05, 4.69) is 22.0 Å². The molecule has 2 aromatic rings. The van der Waals surface area contributed by atoms with Crippen molar-refractivity contribution in [2.45, 2.75) is 20.5 Å². The monoisotopic (exact) mass is 335 g/mol. The van der Waals surface area contributed by atoms with Crippen LogP contribution in [0.2, 0.25) is 0 Å². The number of aryl methyl sites for hydroxylation is 2. The standard InChI is InChI=1S/C15H14BrNO3/c1-10-5-11(2)7-12(6-10)9-20-15-8-13(17(18)19)3-4-14(15)16/h3-8H,9H2,1-2H3. The fraction of sp³-hybridized carbons (Fsp3) is 0.200. The van der Waals surface area contributed by atoms with Gasteiger partial charge in [-0.2, -0.15) is 0 Å². The van der Waals surface area contributed by atoms with Gasteiger partial charge in [-0.25, -0.2) is 0 Å². The molecular formula is C15H14BrNO3. The number of ether oxygens (including phenoxy) is 1. The third-order valence-electron chi connectivity index (χ3n) is 2.80. The van der Waals surface area contributed by atoms with Crippen LogP contribution in [0.25, 0.3) is 0 Å². The van der Waals surface area contributed by atoms with Crippen molar-refractivity contribution in [2.75, 3.05) is 0 Å². The van der Waals surface area contributed by atoms with E-state index in [1.54, 1.807) is 6.07 Å². The molecule has 0 spiro atoms. The number of non-ortho nitro benzene ring substituents is 1. The Hall–Kier alpha value is -1.88. The second-order valence-electron chi connectivity index (χ2n) is 4.66. The number of hydrogen-bond acceptors (Lipinski definition) is 3. The summed E-state index contributed by atoms with van der Waals surface area (Å²) in [6.07, 6.45) is 0. The van der Waals surface area contributed by atoms with E-state index < -0.39 is 4.92 Å². The molecule has 0 fully saturated rings. The number of nitro benzene ring substituents is 1. The molecule has 0 aliphatic carbocycles. The van der Waals surface area contributed by atoms with Gasteiger partial charge in [0.1, 0.15) is 12.4 Å². The lowest BCUT2D eigenvalue weighted by atomic mass is 10.1. The molecule has 5 heteroatoms. The summed E-state index contributed by atoms with van der Waals surface area (Å²) in [5.41, 5.74) is 3.40. The molecule has 2 rings (SSSR count). The molecule has 0 atom stereocenters. The van der Waals surface area contributed by atoms with Crippen LogP contribution in [0.1, 0.15) is 16.7 Å². The molecule has 2 aromatic carbocycles. The van der Waals surface area contributed by atoms with Gasteiger partial charge in [0, 0.05) is 6.07 Å². The van der Waals surface area contributed by atoms with Gasteiger partial charge < -0.3 is 4.74 Å². The first-order chi connectivity index (χ1) is 9.45. The van der Waals surface area contributed by atoms with Crippen LogP contribution in [0.5, 0.6) is 5.75 Å². The van der Waals surface area contributed by atoms with E-state index in [9.17, 15) is 10.1 Å². The maximum Gasteiger partial charge on any atom is 0.273 e. The highest BCUT2D eigenvalue weighted by molar-refractivity contribution is 9.10. The number of benzene rings is 2. The zero-order valence-electron chi connectivity index (χ0n) is 11.2. The average Bonchev–Trinajstić information content (AvgIpc) is 2.36. The first-order valence-corrected chi connectivity index (χ1v) is 6.89. The van der Waals surface area contributed by atoms with Gasteiger partial charge in [-0.05, 0) is 41.4 Å². The summed E-state index contributed by atoms with van der Waals surface area (Å²) < 4.78 is 6.37. The van der Waals surface area contributed by atoms with Crippen LogP contribution in [0, 0.1) is 24.0 Å². The lowest BCUT2D eigenvalue weighted by Gasteiger charge is -2.09. The third-order valence-corrected chi connectivity index (χ3v) is 3.46. The highest BCUT2D eigenvalue weighted by Crippen LogP contribution is 2.30. The van der Waals surface area contributed by atoms with Crippen molar-refractivity contribution in [3.8, 4) is 5.75 Å². The second kappa shape index (κ2) is 6.05. The van der Waals surface area contributed by atoms with Gasteiger partial charge in [0.15, 0.2) is 0 Å². The van der Waals surface area contributed by atoms with Gasteiger partial charge in [-0.3, -0.25) is 10.1 Å². The fourth-order valence-electron chi connectivity index (χ4n) is 2.03. The van der Waals surface area contributed by atoms with Crippen LogP contribution in [0.3, 0.4) is 0 Å². The summed E-state index contributed by atoms with van der Waals surface area (Å²) in [7, 11) is 0. The second-order valence-corrected chi connectivity index (χ2v) is 5.51. The van der Waals surface area contributed by atoms with E-state index in [4.69, 9.17) is 4.74 Å². The Balaban J connectivity index is 2.18. The highest BCUT2D eigenvalue weighted by atomic mass is 79.9. The van der Waals surface area contributed by atoms with Gasteiger partial charge in [0.25, 0.3) is 5.69 Å². The Kier molecular flexibility index (Phi) is 4.39. The molecule has 104 valence electrons. The Labute approximate surface area is 125 Å². The number of hydrogen-bond donors (Lipinski definition) is 0. The molecule has 0 saturated carbocycles. The molecule has 0 aliphatic heterocycles. The largest absolute Gasteiger partial charge is 0.487 e. The van der Waals surface area contributed by atoms with Crippen molar-refractivity contribution < 1.29 is 9.66 Å². The van der Waals surface area contributed by atoms with Crippen LogP contribution in [-0.2, 0) is 6.61 Å². The number of nitrogens with zero attached hydrogens (tertiary/aromatic N) is 1. The molecular weight excluding hydrogens is 322 g/mol. The first-order valence-electron chi connectivity index (χ1n) is 6.09. The molecule has 0 saturated heterocycles. The highest BCUT2D eigenvalue weighted by Gasteiger charge is 2.10. The van der Waals surface area contributed by atoms with E-state index in [1.807, 2.05) is 26.0 Å². The molecule has 0 heterocycles. The fourth-order valence-corrected chi connectivity index (χ4v) is 2.39. The predicted octanol–water partition coefficient (Wildman–Crippen LogP) is 4.55. The van der Waals surface area contributed by atoms with Gasteiger partial charge in [-0.15, -0.1) is 0 Å². The Morgan fingerprint density at radius 2 is 1.80 bits per heavy atom. The smallest absolute Gasteiger partial charge is 0.273 e. The van der Waals surface area contributed by atoms with Crippen LogP contribution < -0.4 is 4.74 Å². The number of nitro groups is 1. The Morgan fingerprint density at radius 1 is 1.15 bits per heavy atom. The minimum absolute atomic E-state index is 0.0172. The summed E-state index contributed by atoms with van der Waals surface area (Å²) >= 11 is 3.33.